The largest absolute Gasteiger partial charge is 0.383 e. The van der Waals surface area contributed by atoms with Gasteiger partial charge in [0, 0.05) is 18.2 Å². The van der Waals surface area contributed by atoms with Crippen LogP contribution in [0.25, 0.3) is 0 Å². The Bertz CT molecular complexity index is 670. The van der Waals surface area contributed by atoms with Crippen molar-refractivity contribution in [3.05, 3.63) is 35.4 Å². The van der Waals surface area contributed by atoms with Crippen molar-refractivity contribution in [3.63, 3.8) is 0 Å². The van der Waals surface area contributed by atoms with E-state index in [1.54, 1.807) is 24.3 Å². The standard InChI is InChI=1S/C16H17ClN2O4/c1-9(17)16(22)19-13-12(18-7-8-23-2)14(20)10-5-3-4-6-11(10)15(13)21/h3-6,9,13H,7-8H2,1-2H3,(H,19,22). The second-order valence-electron chi connectivity index (χ2n) is 5.06. The van der Waals surface area contributed by atoms with Crippen LogP contribution in [0.5, 0.6) is 0 Å². The van der Waals surface area contributed by atoms with Crippen LogP contribution in [0.4, 0.5) is 0 Å². The van der Waals surface area contributed by atoms with E-state index in [4.69, 9.17) is 16.3 Å². The minimum atomic E-state index is -1.12. The van der Waals surface area contributed by atoms with Gasteiger partial charge >= 0.3 is 0 Å². The number of hydrogen-bond acceptors (Lipinski definition) is 5. The zero-order valence-corrected chi connectivity index (χ0v) is 13.6. The number of halogens is 1. The second kappa shape index (κ2) is 7.48. The summed E-state index contributed by atoms with van der Waals surface area (Å²) in [7, 11) is 1.51. The molecule has 7 heteroatoms. The summed E-state index contributed by atoms with van der Waals surface area (Å²) in [4.78, 5) is 41.3. The molecule has 0 bridgehead atoms. The highest BCUT2D eigenvalue weighted by Gasteiger charge is 2.39. The maximum absolute atomic E-state index is 12.6. The number of nitrogens with one attached hydrogen (secondary N) is 1. The molecular weight excluding hydrogens is 320 g/mol. The predicted molar refractivity (Wildman–Crippen MR) is 86.5 cm³/mol. The van der Waals surface area contributed by atoms with E-state index in [9.17, 15) is 14.4 Å². The summed E-state index contributed by atoms with van der Waals surface area (Å²) in [6.07, 6.45) is 0. The number of carbonyl (C=O) groups is 3. The van der Waals surface area contributed by atoms with E-state index in [0.717, 1.165) is 0 Å². The number of methoxy groups -OCH3 is 1. The van der Waals surface area contributed by atoms with Crippen LogP contribution < -0.4 is 5.32 Å². The van der Waals surface area contributed by atoms with Gasteiger partial charge in [-0.25, -0.2) is 0 Å². The smallest absolute Gasteiger partial charge is 0.238 e. The lowest BCUT2D eigenvalue weighted by Gasteiger charge is -2.25. The van der Waals surface area contributed by atoms with E-state index < -0.39 is 17.3 Å². The number of alkyl halides is 1. The lowest BCUT2D eigenvalue weighted by atomic mass is 9.84. The first-order valence-electron chi connectivity index (χ1n) is 7.13. The number of carbonyl (C=O) groups excluding carboxylic acids is 3. The van der Waals surface area contributed by atoms with Crippen LogP contribution >= 0.6 is 11.6 Å². The van der Waals surface area contributed by atoms with Crippen molar-refractivity contribution in [2.75, 3.05) is 20.3 Å². The van der Waals surface area contributed by atoms with Gasteiger partial charge in [0.05, 0.1) is 13.2 Å². The zero-order chi connectivity index (χ0) is 17.0. The van der Waals surface area contributed by atoms with Crippen LogP contribution in [0.15, 0.2) is 29.3 Å². The fraction of sp³-hybridized carbons (Fsp3) is 0.375. The van der Waals surface area contributed by atoms with Crippen LogP contribution in [-0.2, 0) is 9.53 Å². The van der Waals surface area contributed by atoms with E-state index in [2.05, 4.69) is 10.3 Å². The summed E-state index contributed by atoms with van der Waals surface area (Å²) in [6, 6.07) is 5.35. The average molecular weight is 337 g/mol. The Labute approximate surface area is 138 Å². The third-order valence-corrected chi connectivity index (χ3v) is 3.63. The number of hydrogen-bond donors (Lipinski definition) is 1. The number of ether oxygens (including phenoxy) is 1. The van der Waals surface area contributed by atoms with Gasteiger partial charge in [0.25, 0.3) is 0 Å². The van der Waals surface area contributed by atoms with Gasteiger partial charge < -0.3 is 10.1 Å². The Morgan fingerprint density at radius 1 is 1.35 bits per heavy atom. The molecule has 1 aliphatic carbocycles. The molecule has 6 nitrogen and oxygen atoms in total. The molecule has 1 aromatic carbocycles. The van der Waals surface area contributed by atoms with Crippen molar-refractivity contribution in [3.8, 4) is 0 Å². The number of fused-ring (bicyclic) bond motifs is 1. The van der Waals surface area contributed by atoms with Crippen molar-refractivity contribution >= 4 is 34.8 Å². The number of benzene rings is 1. The summed E-state index contributed by atoms with van der Waals surface area (Å²) < 4.78 is 4.91. The number of ketones is 2. The zero-order valence-electron chi connectivity index (χ0n) is 12.8. The molecule has 1 amide bonds. The van der Waals surface area contributed by atoms with Crippen LogP contribution in [0.2, 0.25) is 0 Å². The molecule has 0 fully saturated rings. The lowest BCUT2D eigenvalue weighted by Crippen LogP contribution is -2.53. The molecule has 2 unspecified atom stereocenters. The van der Waals surface area contributed by atoms with Gasteiger partial charge in [-0.05, 0) is 6.92 Å². The fourth-order valence-electron chi connectivity index (χ4n) is 2.26. The summed E-state index contributed by atoms with van der Waals surface area (Å²) in [5.41, 5.74) is 0.574. The number of aliphatic imine (C=N–C) groups is 1. The Hall–Kier alpha value is -2.05. The van der Waals surface area contributed by atoms with Crippen LogP contribution in [-0.4, -0.2) is 54.9 Å². The fourth-order valence-corrected chi connectivity index (χ4v) is 2.32. The molecule has 0 saturated carbocycles. The van der Waals surface area contributed by atoms with Gasteiger partial charge in [0.15, 0.2) is 5.78 Å². The Balaban J connectivity index is 2.43. The molecule has 0 aromatic heterocycles. The minimum absolute atomic E-state index is 0.0106. The Kier molecular flexibility index (Phi) is 5.63. The molecule has 1 N–H and O–H groups in total. The van der Waals surface area contributed by atoms with Gasteiger partial charge in [0.2, 0.25) is 11.7 Å². The average Bonchev–Trinajstić information content (AvgIpc) is 2.54. The normalized spacial score (nSPS) is 20.3. The molecule has 1 aromatic rings. The first kappa shape index (κ1) is 17.3. The topological polar surface area (TPSA) is 84.8 Å². The van der Waals surface area contributed by atoms with Crippen LogP contribution in [0, 0.1) is 0 Å². The molecule has 122 valence electrons. The number of nitrogens with zero attached hydrogens (tertiary/aromatic N) is 1. The van der Waals surface area contributed by atoms with Gasteiger partial charge in [-0.3, -0.25) is 19.4 Å². The van der Waals surface area contributed by atoms with Gasteiger partial charge in [-0.2, -0.15) is 0 Å². The maximum Gasteiger partial charge on any atom is 0.238 e. The number of Topliss-reactive ketones (excluding diaryl/α,β-unsaturated/α-hetero) is 2. The third kappa shape index (κ3) is 3.65. The molecule has 2 atom stereocenters. The quantitative estimate of drug-likeness (QED) is 0.648. The van der Waals surface area contributed by atoms with Gasteiger partial charge in [-0.1, -0.05) is 24.3 Å². The summed E-state index contributed by atoms with van der Waals surface area (Å²) in [5.74, 6) is -1.28. The highest BCUT2D eigenvalue weighted by atomic mass is 35.5. The van der Waals surface area contributed by atoms with Crippen molar-refractivity contribution in [1.29, 1.82) is 0 Å². The SMILES string of the molecule is COCCN=C1C(=O)c2ccccc2C(=O)C1NC(=O)C(C)Cl. The van der Waals surface area contributed by atoms with E-state index in [0.29, 0.717) is 6.61 Å². The summed E-state index contributed by atoms with van der Waals surface area (Å²) in [6.45, 7) is 2.01. The number of amides is 1. The molecule has 0 radical (unpaired) electrons. The van der Waals surface area contributed by atoms with Crippen molar-refractivity contribution in [2.24, 2.45) is 4.99 Å². The van der Waals surface area contributed by atoms with Crippen molar-refractivity contribution in [1.82, 2.24) is 5.32 Å². The Morgan fingerprint density at radius 3 is 2.61 bits per heavy atom. The second-order valence-corrected chi connectivity index (χ2v) is 5.71. The highest BCUT2D eigenvalue weighted by Crippen LogP contribution is 2.20. The molecule has 0 spiro atoms. The molecule has 1 aliphatic rings. The van der Waals surface area contributed by atoms with Crippen molar-refractivity contribution in [2.45, 2.75) is 18.3 Å². The number of rotatable bonds is 5. The first-order valence-corrected chi connectivity index (χ1v) is 7.56. The maximum atomic E-state index is 12.6. The molecule has 0 saturated heterocycles. The molecular formula is C16H17ClN2O4. The molecule has 0 heterocycles. The minimum Gasteiger partial charge on any atom is -0.383 e. The monoisotopic (exact) mass is 336 g/mol. The lowest BCUT2D eigenvalue weighted by molar-refractivity contribution is -0.120. The van der Waals surface area contributed by atoms with E-state index in [1.807, 2.05) is 0 Å². The van der Waals surface area contributed by atoms with Crippen molar-refractivity contribution < 1.29 is 19.1 Å². The summed E-state index contributed by atoms with van der Waals surface area (Å²) >= 11 is 5.74. The Morgan fingerprint density at radius 2 is 2.00 bits per heavy atom. The van der Waals surface area contributed by atoms with Gasteiger partial charge in [-0.15, -0.1) is 11.6 Å². The van der Waals surface area contributed by atoms with E-state index in [1.165, 1.54) is 14.0 Å². The van der Waals surface area contributed by atoms with E-state index in [-0.39, 0.29) is 34.9 Å². The third-order valence-electron chi connectivity index (χ3n) is 3.43. The first-order chi connectivity index (χ1) is 11.0. The van der Waals surface area contributed by atoms with E-state index >= 15 is 0 Å². The highest BCUT2D eigenvalue weighted by molar-refractivity contribution is 6.55. The molecule has 23 heavy (non-hydrogen) atoms. The molecule has 0 aliphatic heterocycles. The van der Waals surface area contributed by atoms with Crippen LogP contribution in [0.3, 0.4) is 0 Å². The van der Waals surface area contributed by atoms with Gasteiger partial charge in [0.1, 0.15) is 17.1 Å². The molecule has 2 rings (SSSR count). The summed E-state index contributed by atoms with van der Waals surface area (Å²) in [5, 5.41) is 1.68. The van der Waals surface area contributed by atoms with Crippen LogP contribution in [0.1, 0.15) is 27.6 Å². The predicted octanol–water partition coefficient (Wildman–Crippen LogP) is 1.27.